The molecule has 0 aliphatic heterocycles. The smallest absolute Gasteiger partial charge is 0.263 e. The molecule has 0 spiro atoms. The Bertz CT molecular complexity index is 214. The maximum atomic E-state index is 6.51. The molecule has 0 aliphatic carbocycles. The standard InChI is InChI=1S/C10H27Cl2NSi3/c1-9-10(16(8,11)12)13(14(2,3)4)15(5,6)7/h10H,9H2,1-8H3. The Hall–Kier alpha value is 1.19. The molecule has 1 unspecified atom stereocenters. The Morgan fingerprint density at radius 3 is 1.25 bits per heavy atom. The van der Waals surface area contributed by atoms with Gasteiger partial charge >= 0.3 is 0 Å². The lowest BCUT2D eigenvalue weighted by Crippen LogP contribution is -2.67. The lowest BCUT2D eigenvalue weighted by Gasteiger charge is -2.50. The minimum Gasteiger partial charge on any atom is -0.343 e. The lowest BCUT2D eigenvalue weighted by molar-refractivity contribution is 0.537. The second kappa shape index (κ2) is 5.45. The summed E-state index contributed by atoms with van der Waals surface area (Å²) < 4.78 is 2.76. The summed E-state index contributed by atoms with van der Waals surface area (Å²) in [6.07, 6.45) is 1.07. The summed E-state index contributed by atoms with van der Waals surface area (Å²) >= 11 is 13.0. The van der Waals surface area contributed by atoms with Crippen LogP contribution in [-0.4, -0.2) is 33.1 Å². The summed E-state index contributed by atoms with van der Waals surface area (Å²) in [6, 6.07) is 0. The Kier molecular flexibility index (Phi) is 5.85. The van der Waals surface area contributed by atoms with E-state index in [-0.39, 0.29) is 0 Å². The summed E-state index contributed by atoms with van der Waals surface area (Å²) in [7, 11) is -2.71. The molecule has 0 aromatic carbocycles. The Morgan fingerprint density at radius 2 is 1.19 bits per heavy atom. The zero-order valence-electron chi connectivity index (χ0n) is 12.0. The van der Waals surface area contributed by atoms with Gasteiger partial charge in [0.05, 0.1) is 0 Å². The largest absolute Gasteiger partial charge is 0.343 e. The molecule has 0 saturated carbocycles. The third kappa shape index (κ3) is 4.82. The fourth-order valence-electron chi connectivity index (χ4n) is 2.71. The van der Waals surface area contributed by atoms with Crippen molar-refractivity contribution in [3.05, 3.63) is 0 Å². The highest BCUT2D eigenvalue weighted by Gasteiger charge is 2.46. The highest BCUT2D eigenvalue weighted by molar-refractivity contribution is 7.45. The second-order valence-electron chi connectivity index (χ2n) is 6.59. The molecule has 0 aromatic heterocycles. The lowest BCUT2D eigenvalue weighted by atomic mass is 10.5. The van der Waals surface area contributed by atoms with E-state index in [0.29, 0.717) is 5.67 Å². The molecule has 0 radical (unpaired) electrons. The van der Waals surface area contributed by atoms with Crippen molar-refractivity contribution in [2.24, 2.45) is 0 Å². The second-order valence-corrected chi connectivity index (χ2v) is 24.6. The quantitative estimate of drug-likeness (QED) is 0.519. The van der Waals surface area contributed by atoms with Gasteiger partial charge in [0.25, 0.3) is 6.69 Å². The van der Waals surface area contributed by atoms with Gasteiger partial charge in [-0.2, -0.15) is 0 Å². The van der Waals surface area contributed by atoms with Gasteiger partial charge in [0.15, 0.2) is 0 Å². The normalized spacial score (nSPS) is 16.7. The van der Waals surface area contributed by atoms with Crippen molar-refractivity contribution in [3.63, 3.8) is 0 Å². The first kappa shape index (κ1) is 17.2. The van der Waals surface area contributed by atoms with Crippen molar-refractivity contribution in [3.8, 4) is 0 Å². The van der Waals surface area contributed by atoms with E-state index in [0.717, 1.165) is 6.42 Å². The number of nitrogens with zero attached hydrogens (tertiary/aromatic N) is 1. The fraction of sp³-hybridized carbons (Fsp3) is 1.00. The van der Waals surface area contributed by atoms with Gasteiger partial charge in [0.2, 0.25) is 0 Å². The summed E-state index contributed by atoms with van der Waals surface area (Å²) in [5.41, 5.74) is 0.411. The molecule has 0 saturated heterocycles. The molecule has 0 fully saturated rings. The van der Waals surface area contributed by atoms with Crippen LogP contribution in [-0.2, 0) is 0 Å². The molecule has 0 N–H and O–H groups in total. The molecular formula is C10H27Cl2NSi3. The van der Waals surface area contributed by atoms with E-state index in [9.17, 15) is 0 Å². The van der Waals surface area contributed by atoms with Gasteiger partial charge in [-0.25, -0.2) is 0 Å². The van der Waals surface area contributed by atoms with Crippen LogP contribution in [0.15, 0.2) is 0 Å². The highest BCUT2D eigenvalue weighted by atomic mass is 35.7. The predicted octanol–water partition coefficient (Wildman–Crippen LogP) is 4.83. The molecular weight excluding hydrogens is 289 g/mol. The van der Waals surface area contributed by atoms with Crippen LogP contribution in [0.5, 0.6) is 0 Å². The van der Waals surface area contributed by atoms with Crippen molar-refractivity contribution >= 4 is 45.3 Å². The van der Waals surface area contributed by atoms with E-state index >= 15 is 0 Å². The first-order chi connectivity index (χ1) is 6.81. The molecule has 0 aromatic rings. The van der Waals surface area contributed by atoms with Gasteiger partial charge in [0.1, 0.15) is 16.5 Å². The molecule has 1 atom stereocenters. The van der Waals surface area contributed by atoms with Gasteiger partial charge in [0, 0.05) is 5.67 Å². The van der Waals surface area contributed by atoms with Crippen LogP contribution in [0.4, 0.5) is 0 Å². The van der Waals surface area contributed by atoms with Crippen LogP contribution in [0.3, 0.4) is 0 Å². The monoisotopic (exact) mass is 315 g/mol. The molecule has 16 heavy (non-hydrogen) atoms. The summed E-state index contributed by atoms with van der Waals surface area (Å²) in [5, 5.41) is 0. The third-order valence-corrected chi connectivity index (χ3v) is 14.1. The summed E-state index contributed by atoms with van der Waals surface area (Å²) in [4.78, 5) is 0. The first-order valence-electron chi connectivity index (χ1n) is 5.99. The van der Waals surface area contributed by atoms with Crippen LogP contribution in [0, 0.1) is 0 Å². The van der Waals surface area contributed by atoms with Gasteiger partial charge in [-0.1, -0.05) is 46.2 Å². The molecule has 0 rings (SSSR count). The topological polar surface area (TPSA) is 3.24 Å². The van der Waals surface area contributed by atoms with E-state index in [1.807, 2.05) is 0 Å². The maximum Gasteiger partial charge on any atom is 0.263 e. The van der Waals surface area contributed by atoms with Gasteiger partial charge in [-0.3, -0.25) is 0 Å². The molecule has 0 heterocycles. The van der Waals surface area contributed by atoms with Gasteiger partial charge < -0.3 is 4.23 Å². The first-order valence-corrected chi connectivity index (χ1v) is 17.5. The van der Waals surface area contributed by atoms with Crippen LogP contribution >= 0.6 is 22.2 Å². The van der Waals surface area contributed by atoms with E-state index in [1.165, 1.54) is 0 Å². The molecule has 0 bridgehead atoms. The third-order valence-electron chi connectivity index (χ3n) is 2.73. The van der Waals surface area contributed by atoms with Crippen molar-refractivity contribution < 1.29 is 0 Å². The number of hydrogen-bond donors (Lipinski definition) is 0. The average molecular weight is 316 g/mol. The number of rotatable bonds is 5. The molecule has 6 heteroatoms. The Morgan fingerprint density at radius 1 is 0.875 bits per heavy atom. The van der Waals surface area contributed by atoms with E-state index < -0.39 is 23.2 Å². The minimum atomic E-state index is -2.13. The minimum absolute atomic E-state index is 0.411. The highest BCUT2D eigenvalue weighted by Crippen LogP contribution is 2.33. The van der Waals surface area contributed by atoms with E-state index in [2.05, 4.69) is 57.0 Å². The Balaban J connectivity index is 5.35. The summed E-state index contributed by atoms with van der Waals surface area (Å²) in [5.74, 6) is 0. The van der Waals surface area contributed by atoms with Crippen molar-refractivity contribution in [1.82, 2.24) is 4.23 Å². The van der Waals surface area contributed by atoms with E-state index in [4.69, 9.17) is 22.2 Å². The summed E-state index contributed by atoms with van der Waals surface area (Å²) in [6.45, 7) is 16.6. The molecule has 0 aliphatic rings. The average Bonchev–Trinajstić information content (AvgIpc) is 1.91. The predicted molar refractivity (Wildman–Crippen MR) is 85.9 cm³/mol. The zero-order valence-corrected chi connectivity index (χ0v) is 16.5. The molecule has 98 valence electrons. The number of hydrogen-bond acceptors (Lipinski definition) is 1. The fourth-order valence-corrected chi connectivity index (χ4v) is 20.5. The number of halogens is 2. The Labute approximate surface area is 114 Å². The van der Waals surface area contributed by atoms with Crippen LogP contribution in [0.2, 0.25) is 45.8 Å². The molecule has 1 nitrogen and oxygen atoms in total. The van der Waals surface area contributed by atoms with Gasteiger partial charge in [-0.05, 0) is 13.0 Å². The maximum absolute atomic E-state index is 6.51. The van der Waals surface area contributed by atoms with E-state index in [1.54, 1.807) is 0 Å². The zero-order chi connectivity index (χ0) is 13.4. The van der Waals surface area contributed by atoms with Crippen LogP contribution in [0.25, 0.3) is 0 Å². The van der Waals surface area contributed by atoms with Gasteiger partial charge in [-0.15, -0.1) is 22.2 Å². The van der Waals surface area contributed by atoms with Crippen molar-refractivity contribution in [2.75, 3.05) is 0 Å². The van der Waals surface area contributed by atoms with Crippen molar-refractivity contribution in [2.45, 2.75) is 64.8 Å². The van der Waals surface area contributed by atoms with Crippen LogP contribution < -0.4 is 0 Å². The van der Waals surface area contributed by atoms with Crippen molar-refractivity contribution in [1.29, 1.82) is 0 Å². The SMILES string of the molecule is CCC(N([Si](C)(C)C)[Si](C)(C)C)[Si](C)(Cl)Cl. The van der Waals surface area contributed by atoms with Crippen LogP contribution in [0.1, 0.15) is 13.3 Å². The molecule has 0 amide bonds.